The van der Waals surface area contributed by atoms with Gasteiger partial charge in [-0.15, -0.1) is 0 Å². The standard InChI is InChI=1S/C30H30N4O6S/c1-20-15-16-24(41(38,39)31-28-21(2)32(3)34(29(28)36)23-12-5-4-6-13-23)18-25(20)30(37)40-19-27(35)33-17-9-11-22-10-7-8-14-26(22)33/h4-8,10,12-16,18,31H,9,11,17,19H2,1-3H3. The van der Waals surface area contributed by atoms with Crippen molar-refractivity contribution in [3.05, 3.63) is 106 Å². The fraction of sp³-hybridized carbons (Fsp3) is 0.233. The molecular formula is C30H30N4O6S. The molecule has 0 saturated heterocycles. The van der Waals surface area contributed by atoms with Gasteiger partial charge in [-0.1, -0.05) is 42.5 Å². The van der Waals surface area contributed by atoms with E-state index in [4.69, 9.17) is 4.74 Å². The highest BCUT2D eigenvalue weighted by Gasteiger charge is 2.26. The van der Waals surface area contributed by atoms with Crippen LogP contribution in [-0.2, 0) is 33.0 Å². The summed E-state index contributed by atoms with van der Waals surface area (Å²) in [6, 6.07) is 20.5. The van der Waals surface area contributed by atoms with Crippen molar-refractivity contribution in [1.82, 2.24) is 9.36 Å². The van der Waals surface area contributed by atoms with Gasteiger partial charge < -0.3 is 9.64 Å². The Labute approximate surface area is 237 Å². The molecule has 0 radical (unpaired) electrons. The molecule has 0 fully saturated rings. The number of rotatable bonds is 7. The first-order valence-electron chi connectivity index (χ1n) is 13.1. The van der Waals surface area contributed by atoms with Crippen LogP contribution in [0, 0.1) is 13.8 Å². The molecule has 5 rings (SSSR count). The Morgan fingerprint density at radius 2 is 1.68 bits per heavy atom. The number of benzene rings is 3. The molecule has 0 atom stereocenters. The SMILES string of the molecule is Cc1ccc(S(=O)(=O)Nc2c(C)n(C)n(-c3ccccc3)c2=O)cc1C(=O)OCC(=O)N1CCCc2ccccc21. The minimum atomic E-state index is -4.26. The Morgan fingerprint density at radius 3 is 2.44 bits per heavy atom. The molecule has 1 N–H and O–H groups in total. The van der Waals surface area contributed by atoms with Crippen LogP contribution in [0.5, 0.6) is 0 Å². The number of aryl methyl sites for hydroxylation is 2. The van der Waals surface area contributed by atoms with Crippen molar-refractivity contribution in [2.75, 3.05) is 22.8 Å². The molecule has 3 aromatic carbocycles. The van der Waals surface area contributed by atoms with Crippen LogP contribution in [0.3, 0.4) is 0 Å². The summed E-state index contributed by atoms with van der Waals surface area (Å²) in [5, 5.41) is 0. The van der Waals surface area contributed by atoms with Crippen LogP contribution >= 0.6 is 0 Å². The van der Waals surface area contributed by atoms with E-state index in [1.165, 1.54) is 22.9 Å². The monoisotopic (exact) mass is 574 g/mol. The summed E-state index contributed by atoms with van der Waals surface area (Å²) in [6.45, 7) is 3.32. The number of sulfonamides is 1. The molecule has 11 heteroatoms. The summed E-state index contributed by atoms with van der Waals surface area (Å²) in [7, 11) is -2.60. The van der Waals surface area contributed by atoms with Gasteiger partial charge in [0.15, 0.2) is 6.61 Å². The van der Waals surface area contributed by atoms with Crippen LogP contribution in [0.2, 0.25) is 0 Å². The highest BCUT2D eigenvalue weighted by atomic mass is 32.2. The van der Waals surface area contributed by atoms with Gasteiger partial charge in [-0.05, 0) is 68.1 Å². The third-order valence-corrected chi connectivity index (χ3v) is 8.62. The van der Waals surface area contributed by atoms with Gasteiger partial charge in [-0.3, -0.25) is 19.0 Å². The van der Waals surface area contributed by atoms with E-state index in [0.29, 0.717) is 23.5 Å². The molecule has 212 valence electrons. The van der Waals surface area contributed by atoms with Crippen LogP contribution < -0.4 is 15.2 Å². The van der Waals surface area contributed by atoms with Crippen molar-refractivity contribution in [3.63, 3.8) is 0 Å². The normalized spacial score (nSPS) is 13.0. The molecule has 0 saturated carbocycles. The number of anilines is 2. The largest absolute Gasteiger partial charge is 0.452 e. The number of para-hydroxylation sites is 2. The van der Waals surface area contributed by atoms with Gasteiger partial charge in [-0.25, -0.2) is 17.9 Å². The highest BCUT2D eigenvalue weighted by molar-refractivity contribution is 7.92. The first kappa shape index (κ1) is 27.9. The Balaban J connectivity index is 1.35. The van der Waals surface area contributed by atoms with Crippen molar-refractivity contribution in [2.45, 2.75) is 31.6 Å². The van der Waals surface area contributed by atoms with E-state index in [2.05, 4.69) is 4.72 Å². The van der Waals surface area contributed by atoms with Crippen LogP contribution in [0.1, 0.15) is 33.6 Å². The molecule has 10 nitrogen and oxygen atoms in total. The number of carbonyl (C=O) groups is 2. The number of ether oxygens (including phenoxy) is 1. The maximum absolute atomic E-state index is 13.4. The second-order valence-corrected chi connectivity index (χ2v) is 11.6. The van der Waals surface area contributed by atoms with Crippen LogP contribution in [0.15, 0.2) is 82.5 Å². The van der Waals surface area contributed by atoms with Crippen LogP contribution in [-0.4, -0.2) is 42.8 Å². The zero-order valence-electron chi connectivity index (χ0n) is 23.0. The summed E-state index contributed by atoms with van der Waals surface area (Å²) in [5.74, 6) is -1.18. The van der Waals surface area contributed by atoms with Crippen molar-refractivity contribution in [2.24, 2.45) is 7.05 Å². The number of fused-ring (bicyclic) bond motifs is 1. The molecule has 0 unspecified atom stereocenters. The van der Waals surface area contributed by atoms with Crippen molar-refractivity contribution in [3.8, 4) is 5.69 Å². The second-order valence-electron chi connectivity index (χ2n) is 9.87. The topological polar surface area (TPSA) is 120 Å². The Hall–Kier alpha value is -4.64. The van der Waals surface area contributed by atoms with Crippen LogP contribution in [0.4, 0.5) is 11.4 Å². The molecular weight excluding hydrogens is 544 g/mol. The number of nitrogens with zero attached hydrogens (tertiary/aromatic N) is 3. The fourth-order valence-corrected chi connectivity index (χ4v) is 6.08. The lowest BCUT2D eigenvalue weighted by Crippen LogP contribution is -2.38. The first-order valence-corrected chi connectivity index (χ1v) is 14.6. The predicted octanol–water partition coefficient (Wildman–Crippen LogP) is 3.73. The Kier molecular flexibility index (Phi) is 7.55. The number of hydrogen-bond acceptors (Lipinski definition) is 6. The lowest BCUT2D eigenvalue weighted by Gasteiger charge is -2.29. The number of nitrogens with one attached hydrogen (secondary N) is 1. The minimum Gasteiger partial charge on any atom is -0.452 e. The van der Waals surface area contributed by atoms with Crippen LogP contribution in [0.25, 0.3) is 5.69 Å². The number of aromatic nitrogens is 2. The lowest BCUT2D eigenvalue weighted by atomic mass is 10.0. The maximum atomic E-state index is 13.4. The van der Waals surface area contributed by atoms with Crippen molar-refractivity contribution in [1.29, 1.82) is 0 Å². The fourth-order valence-electron chi connectivity index (χ4n) is 4.94. The summed E-state index contributed by atoms with van der Waals surface area (Å²) in [4.78, 5) is 40.5. The zero-order chi connectivity index (χ0) is 29.3. The quantitative estimate of drug-likeness (QED) is 0.336. The molecule has 4 aromatic rings. The van der Waals surface area contributed by atoms with Gasteiger partial charge in [0.25, 0.3) is 21.5 Å². The Morgan fingerprint density at radius 1 is 0.976 bits per heavy atom. The third kappa shape index (κ3) is 5.40. The molecule has 2 heterocycles. The van der Waals surface area contributed by atoms with E-state index in [0.717, 1.165) is 24.1 Å². The molecule has 1 amide bonds. The van der Waals surface area contributed by atoms with Gasteiger partial charge in [0.1, 0.15) is 5.69 Å². The second kappa shape index (κ2) is 11.1. The van der Waals surface area contributed by atoms with Crippen molar-refractivity contribution >= 4 is 33.3 Å². The molecule has 0 aliphatic carbocycles. The molecule has 0 spiro atoms. The number of esters is 1. The molecule has 1 aliphatic rings. The molecule has 41 heavy (non-hydrogen) atoms. The summed E-state index contributed by atoms with van der Waals surface area (Å²) in [6.07, 6.45) is 1.68. The van der Waals surface area contributed by atoms with Gasteiger partial charge >= 0.3 is 5.97 Å². The molecule has 1 aromatic heterocycles. The van der Waals surface area contributed by atoms with Gasteiger partial charge in [0.2, 0.25) is 0 Å². The lowest BCUT2D eigenvalue weighted by molar-refractivity contribution is -0.121. The van der Waals surface area contributed by atoms with Gasteiger partial charge in [0.05, 0.1) is 21.8 Å². The van der Waals surface area contributed by atoms with E-state index in [1.807, 2.05) is 30.3 Å². The number of amides is 1. The maximum Gasteiger partial charge on any atom is 0.338 e. The van der Waals surface area contributed by atoms with E-state index >= 15 is 0 Å². The smallest absolute Gasteiger partial charge is 0.338 e. The van der Waals surface area contributed by atoms with E-state index < -0.39 is 28.2 Å². The minimum absolute atomic E-state index is 0.00574. The average Bonchev–Trinajstić information content (AvgIpc) is 3.18. The van der Waals surface area contributed by atoms with Gasteiger partial charge in [-0.2, -0.15) is 0 Å². The third-order valence-electron chi connectivity index (χ3n) is 7.27. The van der Waals surface area contributed by atoms with Gasteiger partial charge in [0, 0.05) is 19.3 Å². The summed E-state index contributed by atoms with van der Waals surface area (Å²) < 4.78 is 37.4. The zero-order valence-corrected chi connectivity index (χ0v) is 23.8. The first-order chi connectivity index (χ1) is 19.6. The van der Waals surface area contributed by atoms with E-state index in [-0.39, 0.29) is 22.1 Å². The summed E-state index contributed by atoms with van der Waals surface area (Å²) >= 11 is 0. The van der Waals surface area contributed by atoms with E-state index in [1.54, 1.807) is 54.7 Å². The predicted molar refractivity (Wildman–Crippen MR) is 155 cm³/mol. The average molecular weight is 575 g/mol. The number of carbonyl (C=O) groups excluding carboxylic acids is 2. The van der Waals surface area contributed by atoms with E-state index in [9.17, 15) is 22.8 Å². The molecule has 1 aliphatic heterocycles. The summed E-state index contributed by atoms with van der Waals surface area (Å²) in [5.41, 5.74) is 2.70. The molecule has 0 bridgehead atoms. The highest BCUT2D eigenvalue weighted by Crippen LogP contribution is 2.27. The number of hydrogen-bond donors (Lipinski definition) is 1. The van der Waals surface area contributed by atoms with Crippen molar-refractivity contribution < 1.29 is 22.7 Å². The Bertz CT molecular complexity index is 1810.